The van der Waals surface area contributed by atoms with Gasteiger partial charge in [0.15, 0.2) is 12.4 Å². The molecule has 1 saturated heterocycles. The number of rotatable bonds is 55. The van der Waals surface area contributed by atoms with E-state index in [0.29, 0.717) is 12.8 Å². The fourth-order valence-corrected chi connectivity index (χ4v) is 9.61. The van der Waals surface area contributed by atoms with E-state index in [9.17, 15) is 35.1 Å². The van der Waals surface area contributed by atoms with Crippen molar-refractivity contribution in [3.05, 3.63) is 122 Å². The number of amides is 1. The molecular weight excluding hydrogens is 1040 g/mol. The predicted molar refractivity (Wildman–Crippen MR) is 347 cm³/mol. The number of esters is 1. The van der Waals surface area contributed by atoms with Crippen LogP contribution in [0.25, 0.3) is 0 Å². The molecule has 0 aromatic heterocycles. The molecule has 474 valence electrons. The van der Waals surface area contributed by atoms with Gasteiger partial charge in [0.25, 0.3) is 0 Å². The highest BCUT2D eigenvalue weighted by atomic mass is 16.7. The summed E-state index contributed by atoms with van der Waals surface area (Å²) in [7, 11) is 0. The van der Waals surface area contributed by atoms with Crippen LogP contribution in [0.2, 0.25) is 0 Å². The Hall–Kier alpha value is -3.94. The van der Waals surface area contributed by atoms with E-state index >= 15 is 0 Å². The van der Waals surface area contributed by atoms with Crippen molar-refractivity contribution in [2.24, 2.45) is 0 Å². The summed E-state index contributed by atoms with van der Waals surface area (Å²) < 4.78 is 17.6. The molecular formula is C72H121NO10. The van der Waals surface area contributed by atoms with Gasteiger partial charge in [-0.3, -0.25) is 9.59 Å². The van der Waals surface area contributed by atoms with Crippen LogP contribution in [0, 0.1) is 0 Å². The summed E-state index contributed by atoms with van der Waals surface area (Å²) in [5, 5.41) is 57.0. The van der Waals surface area contributed by atoms with Gasteiger partial charge < -0.3 is 45.1 Å². The molecule has 0 saturated carbocycles. The van der Waals surface area contributed by atoms with Crippen molar-refractivity contribution in [1.29, 1.82) is 0 Å². The van der Waals surface area contributed by atoms with Crippen molar-refractivity contribution < 1.29 is 49.3 Å². The molecule has 0 aromatic rings. The van der Waals surface area contributed by atoms with E-state index in [2.05, 4.69) is 123 Å². The molecule has 1 amide bonds. The minimum Gasteiger partial charge on any atom is -0.454 e. The molecule has 8 unspecified atom stereocenters. The van der Waals surface area contributed by atoms with Crippen LogP contribution < -0.4 is 5.32 Å². The Morgan fingerprint density at radius 3 is 1.33 bits per heavy atom. The summed E-state index contributed by atoms with van der Waals surface area (Å²) in [5.41, 5.74) is 0. The first-order valence-electron chi connectivity index (χ1n) is 33.3. The van der Waals surface area contributed by atoms with Gasteiger partial charge in [-0.15, -0.1) is 0 Å². The lowest BCUT2D eigenvalue weighted by Gasteiger charge is -2.41. The zero-order chi connectivity index (χ0) is 60.3. The summed E-state index contributed by atoms with van der Waals surface area (Å²) in [6.45, 7) is 5.61. The molecule has 11 nitrogen and oxygen atoms in total. The molecule has 1 heterocycles. The minimum absolute atomic E-state index is 0.103. The summed E-state index contributed by atoms with van der Waals surface area (Å²) in [4.78, 5) is 26.6. The third kappa shape index (κ3) is 46.0. The minimum atomic E-state index is -1.63. The third-order valence-corrected chi connectivity index (χ3v) is 14.9. The lowest BCUT2D eigenvalue weighted by molar-refractivity contribution is -0.305. The first-order chi connectivity index (χ1) is 40.7. The van der Waals surface area contributed by atoms with E-state index in [0.717, 1.165) is 109 Å². The van der Waals surface area contributed by atoms with Crippen LogP contribution >= 0.6 is 0 Å². The zero-order valence-electron chi connectivity index (χ0n) is 52.5. The smallest absolute Gasteiger partial charge is 0.306 e. The fraction of sp³-hybridized carbons (Fsp3) is 0.694. The van der Waals surface area contributed by atoms with Crippen molar-refractivity contribution in [3.63, 3.8) is 0 Å². The number of hydrogen-bond acceptors (Lipinski definition) is 10. The average molecular weight is 1160 g/mol. The number of aliphatic hydroxyl groups is 5. The highest BCUT2D eigenvalue weighted by Crippen LogP contribution is 2.26. The van der Waals surface area contributed by atoms with Gasteiger partial charge in [-0.05, 0) is 109 Å². The molecule has 0 radical (unpaired) electrons. The number of unbranched alkanes of at least 4 members (excludes halogenated alkanes) is 23. The molecule has 8 atom stereocenters. The fourth-order valence-electron chi connectivity index (χ4n) is 9.61. The van der Waals surface area contributed by atoms with E-state index in [1.54, 1.807) is 6.08 Å². The van der Waals surface area contributed by atoms with Crippen LogP contribution in [0.3, 0.4) is 0 Å². The molecule has 1 aliphatic heterocycles. The van der Waals surface area contributed by atoms with Crippen LogP contribution in [0.4, 0.5) is 0 Å². The first kappa shape index (κ1) is 77.1. The van der Waals surface area contributed by atoms with Crippen molar-refractivity contribution in [1.82, 2.24) is 5.32 Å². The van der Waals surface area contributed by atoms with Gasteiger partial charge in [0.1, 0.15) is 24.4 Å². The van der Waals surface area contributed by atoms with E-state index in [1.165, 1.54) is 103 Å². The van der Waals surface area contributed by atoms with Crippen molar-refractivity contribution in [2.45, 2.75) is 307 Å². The Balaban J connectivity index is 2.66. The Morgan fingerprint density at radius 1 is 0.482 bits per heavy atom. The summed E-state index contributed by atoms with van der Waals surface area (Å²) in [6, 6.07) is -1.06. The maximum atomic E-state index is 13.4. The normalized spacial score (nSPS) is 19.3. The Morgan fingerprint density at radius 2 is 0.867 bits per heavy atom. The predicted octanol–water partition coefficient (Wildman–Crippen LogP) is 16.6. The highest BCUT2D eigenvalue weighted by molar-refractivity contribution is 5.80. The number of ether oxygens (including phenoxy) is 3. The number of hydrogen-bond donors (Lipinski definition) is 6. The van der Waals surface area contributed by atoms with E-state index in [4.69, 9.17) is 14.2 Å². The van der Waals surface area contributed by atoms with Crippen molar-refractivity contribution in [3.8, 4) is 0 Å². The maximum absolute atomic E-state index is 13.4. The molecule has 0 bridgehead atoms. The topological polar surface area (TPSA) is 175 Å². The van der Waals surface area contributed by atoms with E-state index in [1.807, 2.05) is 18.2 Å². The average Bonchev–Trinajstić information content (AvgIpc) is 3.67. The number of aliphatic hydroxyl groups excluding tert-OH is 5. The maximum Gasteiger partial charge on any atom is 0.306 e. The summed E-state index contributed by atoms with van der Waals surface area (Å²) in [6.07, 6.45) is 71.0. The number of carbonyl (C=O) groups is 2. The Kier molecular flexibility index (Phi) is 54.3. The third-order valence-electron chi connectivity index (χ3n) is 14.9. The van der Waals surface area contributed by atoms with Gasteiger partial charge >= 0.3 is 5.97 Å². The van der Waals surface area contributed by atoms with Crippen LogP contribution in [0.5, 0.6) is 0 Å². The Bertz CT molecular complexity index is 1810. The zero-order valence-corrected chi connectivity index (χ0v) is 52.5. The first-order valence-corrected chi connectivity index (χ1v) is 33.3. The molecule has 83 heavy (non-hydrogen) atoms. The second-order valence-electron chi connectivity index (χ2n) is 22.5. The van der Waals surface area contributed by atoms with Gasteiger partial charge in [0, 0.05) is 6.42 Å². The van der Waals surface area contributed by atoms with Crippen LogP contribution in [-0.4, -0.2) is 99.6 Å². The largest absolute Gasteiger partial charge is 0.454 e. The van der Waals surface area contributed by atoms with Gasteiger partial charge in [-0.2, -0.15) is 0 Å². The Labute approximate surface area is 506 Å². The van der Waals surface area contributed by atoms with Crippen LogP contribution in [-0.2, 0) is 23.8 Å². The van der Waals surface area contributed by atoms with Gasteiger partial charge in [0.2, 0.25) is 5.91 Å². The monoisotopic (exact) mass is 1160 g/mol. The molecule has 0 aromatic carbocycles. The molecule has 1 aliphatic rings. The molecule has 6 N–H and O–H groups in total. The molecule has 0 aliphatic carbocycles. The second kappa shape index (κ2) is 58.4. The highest BCUT2D eigenvalue weighted by Gasteiger charge is 2.47. The van der Waals surface area contributed by atoms with Gasteiger partial charge in [0.05, 0.1) is 25.4 Å². The van der Waals surface area contributed by atoms with Crippen LogP contribution in [0.1, 0.15) is 258 Å². The van der Waals surface area contributed by atoms with Gasteiger partial charge in [-0.1, -0.05) is 264 Å². The lowest BCUT2D eigenvalue weighted by Crippen LogP contribution is -2.61. The van der Waals surface area contributed by atoms with Crippen molar-refractivity contribution >= 4 is 11.9 Å². The number of allylic oxidation sites excluding steroid dienone is 19. The van der Waals surface area contributed by atoms with E-state index in [-0.39, 0.29) is 19.4 Å². The molecule has 0 spiro atoms. The summed E-state index contributed by atoms with van der Waals surface area (Å²) in [5.74, 6) is -1.27. The lowest BCUT2D eigenvalue weighted by atomic mass is 9.99. The standard InChI is InChI=1S/C72H121NO10/c1-4-7-10-13-16-19-22-25-27-29-30-31-32-33-34-35-36-37-39-42-45-48-51-54-57-60-67(77)83-70-69(79)68(78)66(61-74)82-72(70)81-62-63(64(75)58-55-52-49-46-43-40-24-21-18-15-12-9-6-3)73-71(80)65(76)59-56-53-50-47-44-41-38-28-26-23-20-17-14-11-8-5-2/h8,11,16-17,19-20,25-28,30-31,33-34,41,44,50,53,55,58,63-66,68-70,72,74-76,78-79H,4-7,9-10,12-15,18,21-24,29,32,35-40,42-43,45-49,51-52,54,56-57,59-62H2,1-3H3,(H,73,80)/b11-8-,19-16-,20-17-,27-25-,28-26-,31-30-,34-33-,44-41-,53-50-,58-55+. The second-order valence-corrected chi connectivity index (χ2v) is 22.5. The van der Waals surface area contributed by atoms with Gasteiger partial charge in [-0.25, -0.2) is 0 Å². The molecule has 1 fully saturated rings. The quantitative estimate of drug-likeness (QED) is 0.0195. The number of nitrogens with one attached hydrogen (secondary N) is 1. The van der Waals surface area contributed by atoms with Crippen LogP contribution in [0.15, 0.2) is 122 Å². The van der Waals surface area contributed by atoms with Crippen molar-refractivity contribution in [2.75, 3.05) is 13.2 Å². The molecule has 1 rings (SSSR count). The summed E-state index contributed by atoms with van der Waals surface area (Å²) >= 11 is 0. The molecule has 11 heteroatoms. The van der Waals surface area contributed by atoms with E-state index < -0.39 is 67.4 Å². The number of carbonyl (C=O) groups excluding carboxylic acids is 2. The SMILES string of the molecule is CC/C=C\C/C=C\C/C=C\C/C=C\C/C=C\CCC(O)C(=O)NC(COC1OC(CO)C(O)C(O)C1OC(=O)CCCCCCCCCCC/C=C\C/C=C\C/C=C\C/C=C\CCCCC)C(O)/C=C/CCCCCCCCCCCCC.